The maximum Gasteiger partial charge on any atom is 0.123 e. The molecule has 3 unspecified atom stereocenters. The van der Waals surface area contributed by atoms with Crippen molar-refractivity contribution in [2.75, 3.05) is 45.9 Å². The molecule has 3 N–H and O–H groups in total. The van der Waals surface area contributed by atoms with E-state index < -0.39 is 0 Å². The highest BCUT2D eigenvalue weighted by molar-refractivity contribution is 5.22. The van der Waals surface area contributed by atoms with Gasteiger partial charge in [-0.25, -0.2) is 9.82 Å². The number of rotatable bonds is 7. The molecule has 7 heteroatoms. The number of halogens is 1. The number of morpholine rings is 1. The minimum absolute atomic E-state index is 0.174. The summed E-state index contributed by atoms with van der Waals surface area (Å²) in [6, 6.07) is 11.4. The predicted octanol–water partition coefficient (Wildman–Crippen LogP) is 1.65. The number of hydrazine groups is 1. The lowest BCUT2D eigenvalue weighted by Crippen LogP contribution is -2.43. The molecule has 4 rings (SSSR count). The zero-order chi connectivity index (χ0) is 19.2. The SMILES string of the molecule is Fc1ccc(C2NNCC2CNCC(c2cccnc2)N2CCOCC2)cc1. The van der Waals surface area contributed by atoms with Crippen molar-refractivity contribution in [2.24, 2.45) is 5.92 Å². The summed E-state index contributed by atoms with van der Waals surface area (Å²) in [4.78, 5) is 6.78. The molecule has 1 aromatic carbocycles. The van der Waals surface area contributed by atoms with E-state index in [-0.39, 0.29) is 17.9 Å². The van der Waals surface area contributed by atoms with Crippen LogP contribution in [0.3, 0.4) is 0 Å². The van der Waals surface area contributed by atoms with Crippen LogP contribution in [0.25, 0.3) is 0 Å². The smallest absolute Gasteiger partial charge is 0.123 e. The third kappa shape index (κ3) is 4.74. The first-order valence-corrected chi connectivity index (χ1v) is 9.97. The number of ether oxygens (including phenoxy) is 1. The molecule has 2 aromatic rings. The van der Waals surface area contributed by atoms with Gasteiger partial charge in [0.1, 0.15) is 5.82 Å². The molecule has 2 aliphatic heterocycles. The summed E-state index contributed by atoms with van der Waals surface area (Å²) in [5.74, 6) is 0.193. The van der Waals surface area contributed by atoms with Crippen LogP contribution >= 0.6 is 0 Å². The fraction of sp³-hybridized carbons (Fsp3) is 0.476. The molecule has 0 spiro atoms. The summed E-state index contributed by atoms with van der Waals surface area (Å²) in [5.41, 5.74) is 8.91. The molecular formula is C21H28FN5O. The van der Waals surface area contributed by atoms with E-state index in [1.54, 1.807) is 0 Å². The molecule has 0 aliphatic carbocycles. The van der Waals surface area contributed by atoms with Crippen molar-refractivity contribution < 1.29 is 9.13 Å². The van der Waals surface area contributed by atoms with Crippen LogP contribution in [-0.4, -0.2) is 55.8 Å². The standard InChI is InChI=1S/C21H28FN5O/c22-19-5-3-16(4-6-19)21-18(14-25-26-21)13-24-15-20(17-2-1-7-23-12-17)27-8-10-28-11-9-27/h1-7,12,18,20-21,24-26H,8-11,13-15H2. The highest BCUT2D eigenvalue weighted by Crippen LogP contribution is 2.25. The number of nitrogens with zero attached hydrogens (tertiary/aromatic N) is 2. The summed E-state index contributed by atoms with van der Waals surface area (Å²) in [6.07, 6.45) is 3.78. The Labute approximate surface area is 165 Å². The van der Waals surface area contributed by atoms with Crippen LogP contribution in [-0.2, 0) is 4.74 Å². The Kier molecular flexibility index (Phi) is 6.61. The second-order valence-corrected chi connectivity index (χ2v) is 7.42. The first-order valence-electron chi connectivity index (χ1n) is 9.97. The number of benzene rings is 1. The summed E-state index contributed by atoms with van der Waals surface area (Å²) < 4.78 is 18.8. The molecule has 3 atom stereocenters. The molecule has 0 saturated carbocycles. The van der Waals surface area contributed by atoms with Crippen molar-refractivity contribution in [3.05, 3.63) is 65.7 Å². The normalized spacial score (nSPS) is 24.3. The lowest BCUT2D eigenvalue weighted by Gasteiger charge is -2.35. The third-order valence-corrected chi connectivity index (χ3v) is 5.62. The van der Waals surface area contributed by atoms with E-state index in [2.05, 4.69) is 32.1 Å². The molecule has 1 aromatic heterocycles. The Hall–Kier alpha value is -1.90. The summed E-state index contributed by atoms with van der Waals surface area (Å²) in [6.45, 7) is 6.04. The molecule has 0 bridgehead atoms. The van der Waals surface area contributed by atoms with Crippen LogP contribution in [0.15, 0.2) is 48.8 Å². The van der Waals surface area contributed by atoms with Gasteiger partial charge in [-0.05, 0) is 29.3 Å². The Morgan fingerprint density at radius 2 is 2.04 bits per heavy atom. The number of nitrogens with one attached hydrogen (secondary N) is 3. The van der Waals surface area contributed by atoms with E-state index in [1.165, 1.54) is 17.7 Å². The van der Waals surface area contributed by atoms with Gasteiger partial charge >= 0.3 is 0 Å². The lowest BCUT2D eigenvalue weighted by atomic mass is 9.94. The maximum atomic E-state index is 13.2. The van der Waals surface area contributed by atoms with Gasteiger partial charge in [0.15, 0.2) is 0 Å². The maximum absolute atomic E-state index is 13.2. The van der Waals surface area contributed by atoms with Gasteiger partial charge in [0.2, 0.25) is 0 Å². The van der Waals surface area contributed by atoms with Crippen molar-refractivity contribution in [3.63, 3.8) is 0 Å². The Bertz CT molecular complexity index is 723. The van der Waals surface area contributed by atoms with Crippen molar-refractivity contribution >= 4 is 0 Å². The molecule has 2 aliphatic rings. The van der Waals surface area contributed by atoms with Gasteiger partial charge in [-0.2, -0.15) is 0 Å². The number of hydrogen-bond acceptors (Lipinski definition) is 6. The molecule has 0 radical (unpaired) electrons. The summed E-state index contributed by atoms with van der Waals surface area (Å²) in [5, 5.41) is 3.67. The second-order valence-electron chi connectivity index (χ2n) is 7.42. The number of hydrogen-bond donors (Lipinski definition) is 3. The van der Waals surface area contributed by atoms with Crippen molar-refractivity contribution in [1.82, 2.24) is 26.1 Å². The van der Waals surface area contributed by atoms with E-state index >= 15 is 0 Å². The topological polar surface area (TPSA) is 61.5 Å². The molecule has 3 heterocycles. The quantitative estimate of drug-likeness (QED) is 0.674. The average Bonchev–Trinajstić information content (AvgIpc) is 3.21. The molecule has 28 heavy (non-hydrogen) atoms. The summed E-state index contributed by atoms with van der Waals surface area (Å²) in [7, 11) is 0. The van der Waals surface area contributed by atoms with Crippen molar-refractivity contribution in [3.8, 4) is 0 Å². The van der Waals surface area contributed by atoms with E-state index in [0.717, 1.165) is 51.5 Å². The van der Waals surface area contributed by atoms with Crippen LogP contribution in [0.1, 0.15) is 23.2 Å². The minimum Gasteiger partial charge on any atom is -0.379 e. The first kappa shape index (κ1) is 19.4. The average molecular weight is 385 g/mol. The van der Waals surface area contributed by atoms with Gasteiger partial charge in [-0.1, -0.05) is 18.2 Å². The molecule has 0 amide bonds. The summed E-state index contributed by atoms with van der Waals surface area (Å²) >= 11 is 0. The number of pyridine rings is 1. The lowest BCUT2D eigenvalue weighted by molar-refractivity contribution is 0.0159. The van der Waals surface area contributed by atoms with Gasteiger partial charge in [0.25, 0.3) is 0 Å². The molecule has 2 fully saturated rings. The molecule has 6 nitrogen and oxygen atoms in total. The predicted molar refractivity (Wildman–Crippen MR) is 106 cm³/mol. The van der Waals surface area contributed by atoms with Gasteiger partial charge in [0, 0.05) is 57.1 Å². The van der Waals surface area contributed by atoms with Crippen LogP contribution < -0.4 is 16.2 Å². The highest BCUT2D eigenvalue weighted by Gasteiger charge is 2.29. The van der Waals surface area contributed by atoms with E-state index in [9.17, 15) is 4.39 Å². The fourth-order valence-corrected chi connectivity index (χ4v) is 4.08. The van der Waals surface area contributed by atoms with E-state index in [1.807, 2.05) is 30.6 Å². The fourth-order valence-electron chi connectivity index (χ4n) is 4.08. The largest absolute Gasteiger partial charge is 0.379 e. The van der Waals surface area contributed by atoms with Crippen LogP contribution in [0.2, 0.25) is 0 Å². The zero-order valence-corrected chi connectivity index (χ0v) is 16.0. The molecule has 150 valence electrons. The minimum atomic E-state index is -0.200. The zero-order valence-electron chi connectivity index (χ0n) is 16.0. The Morgan fingerprint density at radius 3 is 2.79 bits per heavy atom. The highest BCUT2D eigenvalue weighted by atomic mass is 19.1. The van der Waals surface area contributed by atoms with Gasteiger partial charge < -0.3 is 10.1 Å². The Morgan fingerprint density at radius 1 is 1.21 bits per heavy atom. The van der Waals surface area contributed by atoms with Gasteiger partial charge in [-0.15, -0.1) is 0 Å². The monoisotopic (exact) mass is 385 g/mol. The third-order valence-electron chi connectivity index (χ3n) is 5.62. The van der Waals surface area contributed by atoms with E-state index in [0.29, 0.717) is 5.92 Å². The molecule has 2 saturated heterocycles. The van der Waals surface area contributed by atoms with Crippen LogP contribution in [0.4, 0.5) is 4.39 Å². The van der Waals surface area contributed by atoms with Crippen LogP contribution in [0.5, 0.6) is 0 Å². The van der Waals surface area contributed by atoms with Crippen LogP contribution in [0, 0.1) is 11.7 Å². The second kappa shape index (κ2) is 9.54. The van der Waals surface area contributed by atoms with Gasteiger partial charge in [0.05, 0.1) is 19.3 Å². The van der Waals surface area contributed by atoms with Gasteiger partial charge in [-0.3, -0.25) is 15.3 Å². The Balaban J connectivity index is 1.37. The van der Waals surface area contributed by atoms with E-state index in [4.69, 9.17) is 4.74 Å². The first-order chi connectivity index (χ1) is 13.8. The van der Waals surface area contributed by atoms with Crippen molar-refractivity contribution in [1.29, 1.82) is 0 Å². The van der Waals surface area contributed by atoms with Crippen molar-refractivity contribution in [2.45, 2.75) is 12.1 Å². The number of aromatic nitrogens is 1. The molecular weight excluding hydrogens is 357 g/mol.